The molecule has 1 aromatic heterocycles. The van der Waals surface area contributed by atoms with Crippen LogP contribution in [0.2, 0.25) is 0 Å². The molecule has 0 atom stereocenters. The van der Waals surface area contributed by atoms with Crippen LogP contribution in [0.4, 0.5) is 11.5 Å². The third kappa shape index (κ3) is 3.46. The molecule has 1 aromatic carbocycles. The molecule has 1 fully saturated rings. The number of likely N-dealkylation sites (tertiary alicyclic amines) is 1. The summed E-state index contributed by atoms with van der Waals surface area (Å²) < 4.78 is 0. The second kappa shape index (κ2) is 6.88. The van der Waals surface area contributed by atoms with Gasteiger partial charge in [-0.25, -0.2) is 9.97 Å². The van der Waals surface area contributed by atoms with Gasteiger partial charge in [-0.05, 0) is 31.4 Å². The molecule has 3 rings (SSSR count). The fourth-order valence-electron chi connectivity index (χ4n) is 2.59. The Balaban J connectivity index is 1.72. The van der Waals surface area contributed by atoms with Crippen LogP contribution in [-0.4, -0.2) is 33.9 Å². The minimum Gasteiger partial charge on any atom is -0.338 e. The maximum absolute atomic E-state index is 12.3. The van der Waals surface area contributed by atoms with E-state index < -0.39 is 0 Å². The summed E-state index contributed by atoms with van der Waals surface area (Å²) in [6.45, 7) is 1.58. The molecule has 0 aliphatic carbocycles. The molecule has 1 N–H and O–H groups in total. The molecule has 2 aromatic rings. The Kier molecular flexibility index (Phi) is 4.48. The zero-order chi connectivity index (χ0) is 16.1. The first-order valence-corrected chi connectivity index (χ1v) is 7.65. The van der Waals surface area contributed by atoms with Gasteiger partial charge in [0.05, 0.1) is 23.6 Å². The Morgan fingerprint density at radius 2 is 1.91 bits per heavy atom. The summed E-state index contributed by atoms with van der Waals surface area (Å²) in [4.78, 5) is 22.6. The summed E-state index contributed by atoms with van der Waals surface area (Å²) in [7, 11) is 0. The zero-order valence-corrected chi connectivity index (χ0v) is 12.7. The average Bonchev–Trinajstić information content (AvgIpc) is 2.63. The number of hydrogen-bond donors (Lipinski definition) is 1. The van der Waals surface area contributed by atoms with E-state index in [4.69, 9.17) is 5.26 Å². The van der Waals surface area contributed by atoms with Crippen LogP contribution in [0, 0.1) is 11.3 Å². The monoisotopic (exact) mass is 307 g/mol. The van der Waals surface area contributed by atoms with Crippen molar-refractivity contribution in [1.29, 1.82) is 5.26 Å². The molecule has 116 valence electrons. The van der Waals surface area contributed by atoms with E-state index in [1.54, 1.807) is 18.2 Å². The molecule has 1 aliphatic rings. The van der Waals surface area contributed by atoms with E-state index >= 15 is 0 Å². The number of anilines is 2. The van der Waals surface area contributed by atoms with Gasteiger partial charge in [-0.3, -0.25) is 4.79 Å². The third-order valence-electron chi connectivity index (χ3n) is 3.82. The number of carbonyl (C=O) groups is 1. The number of nitriles is 1. The molecular weight excluding hydrogens is 290 g/mol. The van der Waals surface area contributed by atoms with Crippen LogP contribution < -0.4 is 5.32 Å². The SMILES string of the molecule is N#Cc1ccccc1Nc1cnc(C(=O)N2CCCCC2)cn1. The highest BCUT2D eigenvalue weighted by Gasteiger charge is 2.19. The summed E-state index contributed by atoms with van der Waals surface area (Å²) in [5.41, 5.74) is 1.55. The second-order valence-corrected chi connectivity index (χ2v) is 5.42. The van der Waals surface area contributed by atoms with Gasteiger partial charge in [0.25, 0.3) is 5.91 Å². The van der Waals surface area contributed by atoms with Gasteiger partial charge in [0, 0.05) is 13.1 Å². The number of piperidine rings is 1. The molecule has 0 spiro atoms. The van der Waals surface area contributed by atoms with Gasteiger partial charge in [-0.15, -0.1) is 0 Å². The highest BCUT2D eigenvalue weighted by molar-refractivity contribution is 5.92. The zero-order valence-electron chi connectivity index (χ0n) is 12.7. The molecule has 0 radical (unpaired) electrons. The topological polar surface area (TPSA) is 81.9 Å². The van der Waals surface area contributed by atoms with Gasteiger partial charge in [0.2, 0.25) is 0 Å². The first kappa shape index (κ1) is 15.0. The molecule has 23 heavy (non-hydrogen) atoms. The fraction of sp³-hybridized carbons (Fsp3) is 0.294. The van der Waals surface area contributed by atoms with Crippen molar-refractivity contribution >= 4 is 17.4 Å². The number of hydrogen-bond acceptors (Lipinski definition) is 5. The smallest absolute Gasteiger partial charge is 0.274 e. The molecule has 0 unspecified atom stereocenters. The highest BCUT2D eigenvalue weighted by atomic mass is 16.2. The van der Waals surface area contributed by atoms with Crippen molar-refractivity contribution < 1.29 is 4.79 Å². The van der Waals surface area contributed by atoms with Crippen LogP contribution >= 0.6 is 0 Å². The number of aromatic nitrogens is 2. The van der Waals surface area contributed by atoms with Crippen LogP contribution in [0.15, 0.2) is 36.7 Å². The minimum absolute atomic E-state index is 0.0684. The first-order chi connectivity index (χ1) is 11.3. The number of rotatable bonds is 3. The lowest BCUT2D eigenvalue weighted by Crippen LogP contribution is -2.36. The lowest BCUT2D eigenvalue weighted by molar-refractivity contribution is 0.0718. The van der Waals surface area contributed by atoms with Crippen LogP contribution in [0.1, 0.15) is 35.3 Å². The minimum atomic E-state index is -0.0684. The van der Waals surface area contributed by atoms with Crippen LogP contribution in [0.5, 0.6) is 0 Å². The Morgan fingerprint density at radius 1 is 1.13 bits per heavy atom. The Bertz CT molecular complexity index is 729. The predicted octanol–water partition coefficient (Wildman–Crippen LogP) is 2.72. The van der Waals surface area contributed by atoms with Gasteiger partial charge in [0.15, 0.2) is 0 Å². The number of carbonyl (C=O) groups excluding carboxylic acids is 1. The molecule has 0 saturated carbocycles. The summed E-state index contributed by atoms with van der Waals surface area (Å²) >= 11 is 0. The van der Waals surface area contributed by atoms with Crippen molar-refractivity contribution in [2.75, 3.05) is 18.4 Å². The molecule has 6 nitrogen and oxygen atoms in total. The van der Waals surface area contributed by atoms with E-state index in [-0.39, 0.29) is 5.91 Å². The van der Waals surface area contributed by atoms with E-state index in [0.717, 1.165) is 25.9 Å². The number of benzene rings is 1. The predicted molar refractivity (Wildman–Crippen MR) is 86.2 cm³/mol. The molecular formula is C17H17N5O. The number of amides is 1. The quantitative estimate of drug-likeness (QED) is 0.942. The van der Waals surface area contributed by atoms with E-state index in [9.17, 15) is 4.79 Å². The molecule has 1 amide bonds. The third-order valence-corrected chi connectivity index (χ3v) is 3.82. The van der Waals surface area contributed by atoms with Crippen LogP contribution in [-0.2, 0) is 0 Å². The largest absolute Gasteiger partial charge is 0.338 e. The molecule has 2 heterocycles. The summed E-state index contributed by atoms with van der Waals surface area (Å²) in [5, 5.41) is 12.1. The molecule has 1 aliphatic heterocycles. The van der Waals surface area contributed by atoms with E-state index in [1.807, 2.05) is 11.0 Å². The lowest BCUT2D eigenvalue weighted by Gasteiger charge is -2.26. The fourth-order valence-corrected chi connectivity index (χ4v) is 2.59. The molecule has 1 saturated heterocycles. The van der Waals surface area contributed by atoms with Gasteiger partial charge >= 0.3 is 0 Å². The van der Waals surface area contributed by atoms with E-state index in [1.165, 1.54) is 18.8 Å². The van der Waals surface area contributed by atoms with Crippen LogP contribution in [0.25, 0.3) is 0 Å². The van der Waals surface area contributed by atoms with Gasteiger partial charge in [-0.1, -0.05) is 12.1 Å². The van der Waals surface area contributed by atoms with Gasteiger partial charge < -0.3 is 10.2 Å². The summed E-state index contributed by atoms with van der Waals surface area (Å²) in [6.07, 6.45) is 6.27. The standard InChI is InChI=1S/C17H17N5O/c18-10-13-6-2-3-7-14(13)21-16-12-19-15(11-20-16)17(23)22-8-4-1-5-9-22/h2-3,6-7,11-12H,1,4-5,8-9H2,(H,20,21). The normalized spacial score (nSPS) is 14.1. The second-order valence-electron chi connectivity index (χ2n) is 5.42. The highest BCUT2D eigenvalue weighted by Crippen LogP contribution is 2.18. The number of nitrogens with zero attached hydrogens (tertiary/aromatic N) is 4. The Labute approximate surface area is 134 Å². The average molecular weight is 307 g/mol. The Hall–Kier alpha value is -2.94. The van der Waals surface area contributed by atoms with E-state index in [0.29, 0.717) is 22.8 Å². The van der Waals surface area contributed by atoms with E-state index in [2.05, 4.69) is 21.4 Å². The van der Waals surface area contributed by atoms with Gasteiger partial charge in [0.1, 0.15) is 17.6 Å². The van der Waals surface area contributed by atoms with Crippen molar-refractivity contribution in [3.8, 4) is 6.07 Å². The van der Waals surface area contributed by atoms with Crippen molar-refractivity contribution in [3.63, 3.8) is 0 Å². The van der Waals surface area contributed by atoms with Crippen molar-refractivity contribution in [3.05, 3.63) is 47.9 Å². The van der Waals surface area contributed by atoms with Gasteiger partial charge in [-0.2, -0.15) is 5.26 Å². The van der Waals surface area contributed by atoms with Crippen molar-refractivity contribution in [2.45, 2.75) is 19.3 Å². The van der Waals surface area contributed by atoms with Crippen LogP contribution in [0.3, 0.4) is 0 Å². The maximum atomic E-state index is 12.3. The molecule has 0 bridgehead atoms. The molecule has 6 heteroatoms. The van der Waals surface area contributed by atoms with Crippen molar-refractivity contribution in [1.82, 2.24) is 14.9 Å². The lowest BCUT2D eigenvalue weighted by atomic mass is 10.1. The maximum Gasteiger partial charge on any atom is 0.274 e. The summed E-state index contributed by atoms with van der Waals surface area (Å²) in [6, 6.07) is 9.28. The summed E-state index contributed by atoms with van der Waals surface area (Å²) in [5.74, 6) is 0.434. The first-order valence-electron chi connectivity index (χ1n) is 7.65. The Morgan fingerprint density at radius 3 is 2.61 bits per heavy atom. The number of nitrogens with one attached hydrogen (secondary N) is 1. The number of para-hydroxylation sites is 1. The van der Waals surface area contributed by atoms with Crippen molar-refractivity contribution in [2.24, 2.45) is 0 Å².